The van der Waals surface area contributed by atoms with E-state index in [0.29, 0.717) is 5.92 Å². The molecule has 0 saturated heterocycles. The van der Waals surface area contributed by atoms with E-state index >= 15 is 0 Å². The molecule has 0 bridgehead atoms. The van der Waals surface area contributed by atoms with E-state index in [9.17, 15) is 14.7 Å². The van der Waals surface area contributed by atoms with Crippen LogP contribution in [0.4, 0.5) is 0 Å². The van der Waals surface area contributed by atoms with Crippen LogP contribution < -0.4 is 0 Å². The summed E-state index contributed by atoms with van der Waals surface area (Å²) in [5.74, 6) is -0.768. The summed E-state index contributed by atoms with van der Waals surface area (Å²) < 4.78 is 0. The standard InChI is InChI=1S/C20H32O4/c1-13(12-17(21)22)6-8-15-14(2)7-9-16-19(15,3)10-5-11-20(16,4)18(23)24/h13,15-16H,2,5-12H2,1,3-4H3,(H,21,22)(H,23,24)/t13-,15-,16?,19+,20-/m1/s1. The summed E-state index contributed by atoms with van der Waals surface area (Å²) in [4.78, 5) is 22.9. The predicted octanol–water partition coefficient (Wildman–Crippen LogP) is 4.74. The van der Waals surface area contributed by atoms with Crippen LogP contribution in [0.5, 0.6) is 0 Å². The largest absolute Gasteiger partial charge is 0.481 e. The van der Waals surface area contributed by atoms with E-state index in [-0.39, 0.29) is 23.7 Å². The SMILES string of the molecule is C=C1CCC2[C@](C)(C(=O)O)CCC[C@@]2(C)[C@@H]1CC[C@@H](C)CC(=O)O. The molecule has 2 saturated carbocycles. The van der Waals surface area contributed by atoms with Gasteiger partial charge >= 0.3 is 11.9 Å². The van der Waals surface area contributed by atoms with E-state index < -0.39 is 17.4 Å². The Labute approximate surface area is 145 Å². The Balaban J connectivity index is 2.19. The van der Waals surface area contributed by atoms with Gasteiger partial charge in [0.1, 0.15) is 0 Å². The van der Waals surface area contributed by atoms with Gasteiger partial charge in [0.05, 0.1) is 5.41 Å². The molecule has 2 aliphatic rings. The highest BCUT2D eigenvalue weighted by Crippen LogP contribution is 2.62. The van der Waals surface area contributed by atoms with Gasteiger partial charge in [0.2, 0.25) is 0 Å². The van der Waals surface area contributed by atoms with Crippen molar-refractivity contribution < 1.29 is 19.8 Å². The van der Waals surface area contributed by atoms with Crippen LogP contribution in [0, 0.1) is 28.6 Å². The molecule has 0 heterocycles. The maximum atomic E-state index is 12.0. The average molecular weight is 336 g/mol. The number of hydrogen-bond donors (Lipinski definition) is 2. The lowest BCUT2D eigenvalue weighted by Gasteiger charge is -2.57. The van der Waals surface area contributed by atoms with Crippen molar-refractivity contribution in [3.8, 4) is 0 Å². The van der Waals surface area contributed by atoms with E-state index in [4.69, 9.17) is 5.11 Å². The van der Waals surface area contributed by atoms with Gasteiger partial charge < -0.3 is 10.2 Å². The van der Waals surface area contributed by atoms with Gasteiger partial charge in [-0.25, -0.2) is 0 Å². The smallest absolute Gasteiger partial charge is 0.309 e. The third kappa shape index (κ3) is 3.38. The monoisotopic (exact) mass is 336 g/mol. The van der Waals surface area contributed by atoms with Crippen molar-refractivity contribution in [2.75, 3.05) is 0 Å². The maximum Gasteiger partial charge on any atom is 0.309 e. The predicted molar refractivity (Wildman–Crippen MR) is 93.7 cm³/mol. The molecule has 4 nitrogen and oxygen atoms in total. The number of hydrogen-bond acceptors (Lipinski definition) is 2. The third-order valence-electron chi connectivity index (χ3n) is 6.98. The Morgan fingerprint density at radius 1 is 1.29 bits per heavy atom. The van der Waals surface area contributed by atoms with Gasteiger partial charge in [0.15, 0.2) is 0 Å². The lowest BCUT2D eigenvalue weighted by atomic mass is 9.46. The number of carbonyl (C=O) groups is 2. The summed E-state index contributed by atoms with van der Waals surface area (Å²) in [7, 11) is 0. The van der Waals surface area contributed by atoms with Gasteiger partial charge in [-0.05, 0) is 68.6 Å². The minimum atomic E-state index is -0.745. The van der Waals surface area contributed by atoms with Gasteiger partial charge in [-0.1, -0.05) is 32.4 Å². The van der Waals surface area contributed by atoms with Crippen LogP contribution in [-0.4, -0.2) is 22.2 Å². The number of carboxylic acids is 2. The molecular weight excluding hydrogens is 304 g/mol. The zero-order valence-corrected chi connectivity index (χ0v) is 15.3. The Morgan fingerprint density at radius 2 is 1.96 bits per heavy atom. The van der Waals surface area contributed by atoms with Gasteiger partial charge in [0.25, 0.3) is 0 Å². The van der Waals surface area contributed by atoms with Crippen LogP contribution in [-0.2, 0) is 9.59 Å². The van der Waals surface area contributed by atoms with Crippen molar-refractivity contribution in [3.05, 3.63) is 12.2 Å². The Kier molecular flexibility index (Phi) is 5.46. The minimum absolute atomic E-state index is 0.0241. The zero-order valence-electron chi connectivity index (χ0n) is 15.3. The van der Waals surface area contributed by atoms with Crippen LogP contribution in [0.3, 0.4) is 0 Å². The van der Waals surface area contributed by atoms with Crippen molar-refractivity contribution in [1.82, 2.24) is 0 Å². The first-order valence-corrected chi connectivity index (χ1v) is 9.24. The normalized spacial score (nSPS) is 37.5. The van der Waals surface area contributed by atoms with Gasteiger partial charge in [-0.2, -0.15) is 0 Å². The van der Waals surface area contributed by atoms with Gasteiger partial charge in [0, 0.05) is 6.42 Å². The number of carboxylic acid groups (broad SMARTS) is 2. The minimum Gasteiger partial charge on any atom is -0.481 e. The molecule has 0 aliphatic heterocycles. The molecule has 2 rings (SSSR count). The second-order valence-electron chi connectivity index (χ2n) is 8.66. The molecule has 24 heavy (non-hydrogen) atoms. The van der Waals surface area contributed by atoms with E-state index in [1.807, 2.05) is 13.8 Å². The van der Waals surface area contributed by atoms with Crippen molar-refractivity contribution in [2.45, 2.75) is 72.1 Å². The Hall–Kier alpha value is -1.32. The highest BCUT2D eigenvalue weighted by Gasteiger charge is 2.57. The second-order valence-corrected chi connectivity index (χ2v) is 8.66. The van der Waals surface area contributed by atoms with E-state index in [2.05, 4.69) is 13.5 Å². The average Bonchev–Trinajstić information content (AvgIpc) is 2.45. The van der Waals surface area contributed by atoms with Crippen LogP contribution >= 0.6 is 0 Å². The molecule has 136 valence electrons. The fourth-order valence-electron chi connectivity index (χ4n) is 5.59. The number of allylic oxidation sites excluding steroid dienone is 1. The molecule has 2 fully saturated rings. The molecule has 2 N–H and O–H groups in total. The molecule has 0 radical (unpaired) electrons. The Morgan fingerprint density at radius 3 is 2.54 bits per heavy atom. The van der Waals surface area contributed by atoms with Gasteiger partial charge in [-0.3, -0.25) is 9.59 Å². The van der Waals surface area contributed by atoms with Gasteiger partial charge in [-0.15, -0.1) is 0 Å². The number of aliphatic carboxylic acids is 2. The van der Waals surface area contributed by atoms with Crippen molar-refractivity contribution in [1.29, 1.82) is 0 Å². The van der Waals surface area contributed by atoms with Crippen molar-refractivity contribution in [3.63, 3.8) is 0 Å². The molecule has 1 unspecified atom stereocenters. The van der Waals surface area contributed by atoms with Crippen molar-refractivity contribution >= 4 is 11.9 Å². The molecule has 0 spiro atoms. The molecule has 0 aromatic heterocycles. The molecule has 0 amide bonds. The molecule has 0 aromatic carbocycles. The van der Waals surface area contributed by atoms with Crippen LogP contribution in [0.25, 0.3) is 0 Å². The lowest BCUT2D eigenvalue weighted by molar-refractivity contribution is -0.164. The topological polar surface area (TPSA) is 74.6 Å². The second kappa shape index (κ2) is 6.89. The highest BCUT2D eigenvalue weighted by molar-refractivity contribution is 5.75. The Bertz CT molecular complexity index is 526. The first kappa shape index (κ1) is 19.0. The summed E-state index contributed by atoms with van der Waals surface area (Å²) in [6.45, 7) is 10.5. The summed E-state index contributed by atoms with van der Waals surface area (Å²) in [5.41, 5.74) is 0.577. The van der Waals surface area contributed by atoms with E-state index in [1.54, 1.807) is 0 Å². The van der Waals surface area contributed by atoms with Crippen LogP contribution in [0.1, 0.15) is 72.1 Å². The molecule has 5 atom stereocenters. The molecular formula is C20H32O4. The third-order valence-corrected chi connectivity index (χ3v) is 6.98. The van der Waals surface area contributed by atoms with Crippen LogP contribution in [0.15, 0.2) is 12.2 Å². The zero-order chi connectivity index (χ0) is 18.1. The quantitative estimate of drug-likeness (QED) is 0.687. The van der Waals surface area contributed by atoms with E-state index in [0.717, 1.165) is 44.9 Å². The van der Waals surface area contributed by atoms with Crippen molar-refractivity contribution in [2.24, 2.45) is 28.6 Å². The summed E-state index contributed by atoms with van der Waals surface area (Å²) in [5, 5.41) is 18.8. The molecule has 2 aliphatic carbocycles. The fraction of sp³-hybridized carbons (Fsp3) is 0.800. The number of rotatable bonds is 6. The highest BCUT2D eigenvalue weighted by atomic mass is 16.4. The fourth-order valence-corrected chi connectivity index (χ4v) is 5.59. The lowest BCUT2D eigenvalue weighted by Crippen LogP contribution is -2.53. The molecule has 4 heteroatoms. The number of fused-ring (bicyclic) bond motifs is 1. The molecule has 0 aromatic rings. The summed E-state index contributed by atoms with van der Waals surface area (Å²) in [6.07, 6.45) is 6.57. The summed E-state index contributed by atoms with van der Waals surface area (Å²) >= 11 is 0. The first-order valence-electron chi connectivity index (χ1n) is 9.24. The van der Waals surface area contributed by atoms with Crippen LogP contribution in [0.2, 0.25) is 0 Å². The first-order chi connectivity index (χ1) is 11.1. The van der Waals surface area contributed by atoms with E-state index in [1.165, 1.54) is 5.57 Å². The summed E-state index contributed by atoms with van der Waals surface area (Å²) in [6, 6.07) is 0. The maximum absolute atomic E-state index is 12.0.